The van der Waals surface area contributed by atoms with Crippen LogP contribution >= 0.6 is 0 Å². The minimum Gasteiger partial charge on any atom is -0.328 e. The molecule has 1 rings (SSSR count). The molecule has 0 aromatic heterocycles. The Kier molecular flexibility index (Phi) is 9.92. The molecule has 1 fully saturated rings. The minimum atomic E-state index is 0. The van der Waals surface area contributed by atoms with Crippen molar-refractivity contribution in [2.45, 2.75) is 59.9 Å². The maximum atomic E-state index is 5.70. The summed E-state index contributed by atoms with van der Waals surface area (Å²) in [6.07, 6.45) is 5.20. The monoisotopic (exact) mass is 159 g/mol. The Morgan fingerprint density at radius 2 is 1.36 bits per heavy atom. The molecule has 70 valence electrons. The van der Waals surface area contributed by atoms with Crippen LogP contribution in [0.1, 0.15) is 53.9 Å². The molecule has 0 atom stereocenters. The van der Waals surface area contributed by atoms with Crippen molar-refractivity contribution in [3.8, 4) is 0 Å². The third kappa shape index (κ3) is 6.36. The summed E-state index contributed by atoms with van der Waals surface area (Å²) >= 11 is 0. The molecule has 0 aromatic rings. The van der Waals surface area contributed by atoms with Gasteiger partial charge < -0.3 is 5.73 Å². The molecule has 1 nitrogen and oxygen atoms in total. The number of rotatable bonds is 0. The van der Waals surface area contributed by atoms with Crippen LogP contribution in [-0.2, 0) is 0 Å². The zero-order chi connectivity index (χ0) is 7.98. The second-order valence-electron chi connectivity index (χ2n) is 3.02. The van der Waals surface area contributed by atoms with Crippen molar-refractivity contribution in [3.05, 3.63) is 0 Å². The Morgan fingerprint density at radius 1 is 1.00 bits per heavy atom. The largest absolute Gasteiger partial charge is 0.328 e. The topological polar surface area (TPSA) is 26.0 Å². The summed E-state index contributed by atoms with van der Waals surface area (Å²) in [5.41, 5.74) is 5.70. The molecule has 1 aliphatic carbocycles. The van der Waals surface area contributed by atoms with Gasteiger partial charge in [0.1, 0.15) is 0 Å². The molecule has 0 amide bonds. The molecule has 1 heteroatoms. The van der Waals surface area contributed by atoms with Gasteiger partial charge in [0.15, 0.2) is 0 Å². The highest BCUT2D eigenvalue weighted by molar-refractivity contribution is 4.70. The van der Waals surface area contributed by atoms with E-state index < -0.39 is 0 Å². The molecule has 11 heavy (non-hydrogen) atoms. The van der Waals surface area contributed by atoms with Crippen LogP contribution in [0.3, 0.4) is 0 Å². The average Bonchev–Trinajstić information content (AvgIpc) is 2.00. The van der Waals surface area contributed by atoms with Gasteiger partial charge in [-0.25, -0.2) is 0 Å². The van der Waals surface area contributed by atoms with Gasteiger partial charge in [0.2, 0.25) is 0 Å². The molecule has 1 saturated carbocycles. The van der Waals surface area contributed by atoms with E-state index in [0.29, 0.717) is 6.04 Å². The van der Waals surface area contributed by atoms with Gasteiger partial charge >= 0.3 is 0 Å². The smallest absolute Gasteiger partial charge is 0.00390 e. The first-order chi connectivity index (χ1) is 4.79. The number of hydrogen-bond acceptors (Lipinski definition) is 1. The second-order valence-corrected chi connectivity index (χ2v) is 3.02. The van der Waals surface area contributed by atoms with Gasteiger partial charge in [-0.15, -0.1) is 0 Å². The number of hydrogen-bond donors (Lipinski definition) is 1. The van der Waals surface area contributed by atoms with Gasteiger partial charge in [0, 0.05) is 6.04 Å². The van der Waals surface area contributed by atoms with Crippen molar-refractivity contribution in [2.75, 3.05) is 0 Å². The summed E-state index contributed by atoms with van der Waals surface area (Å²) in [7, 11) is 0. The summed E-state index contributed by atoms with van der Waals surface area (Å²) in [6.45, 7) is 6.31. The van der Waals surface area contributed by atoms with Gasteiger partial charge in [0.25, 0.3) is 0 Å². The SMILES string of the molecule is C.CC.CC1CCC(N)CC1. The van der Waals surface area contributed by atoms with Crippen LogP contribution in [0.15, 0.2) is 0 Å². The fraction of sp³-hybridized carbons (Fsp3) is 1.00. The standard InChI is InChI=1S/C7H15N.C2H6.CH4/c1-6-2-4-7(8)5-3-6;1-2;/h6-7H,2-5,8H2,1H3;1-2H3;1H4. The zero-order valence-electron chi connectivity index (χ0n) is 7.56. The van der Waals surface area contributed by atoms with Crippen LogP contribution in [-0.4, -0.2) is 6.04 Å². The van der Waals surface area contributed by atoms with E-state index in [0.717, 1.165) is 5.92 Å². The fourth-order valence-electron chi connectivity index (χ4n) is 1.29. The van der Waals surface area contributed by atoms with E-state index in [9.17, 15) is 0 Å². The van der Waals surface area contributed by atoms with Crippen molar-refractivity contribution >= 4 is 0 Å². The molecule has 0 saturated heterocycles. The predicted molar refractivity (Wildman–Crippen MR) is 53.7 cm³/mol. The van der Waals surface area contributed by atoms with Crippen molar-refractivity contribution < 1.29 is 0 Å². The third-order valence-corrected chi connectivity index (χ3v) is 2.06. The van der Waals surface area contributed by atoms with E-state index in [4.69, 9.17) is 5.73 Å². The maximum absolute atomic E-state index is 5.70. The third-order valence-electron chi connectivity index (χ3n) is 2.06. The summed E-state index contributed by atoms with van der Waals surface area (Å²) < 4.78 is 0. The summed E-state index contributed by atoms with van der Waals surface area (Å²) in [5, 5.41) is 0. The molecule has 2 N–H and O–H groups in total. The van der Waals surface area contributed by atoms with Gasteiger partial charge in [-0.1, -0.05) is 28.2 Å². The van der Waals surface area contributed by atoms with Crippen LogP contribution in [0.25, 0.3) is 0 Å². The second kappa shape index (κ2) is 8.06. The highest BCUT2D eigenvalue weighted by Crippen LogP contribution is 2.21. The molecular formula is C10H25N. The summed E-state index contributed by atoms with van der Waals surface area (Å²) in [4.78, 5) is 0. The van der Waals surface area contributed by atoms with Crippen molar-refractivity contribution in [2.24, 2.45) is 11.7 Å². The van der Waals surface area contributed by atoms with E-state index in [1.165, 1.54) is 25.7 Å². The Morgan fingerprint density at radius 3 is 1.64 bits per heavy atom. The Hall–Kier alpha value is -0.0400. The van der Waals surface area contributed by atoms with E-state index in [1.54, 1.807) is 0 Å². The lowest BCUT2D eigenvalue weighted by molar-refractivity contribution is 0.348. The Balaban J connectivity index is 0. The molecule has 0 unspecified atom stereocenters. The minimum absolute atomic E-state index is 0. The molecule has 0 aliphatic heterocycles. The number of nitrogens with two attached hydrogens (primary N) is 1. The van der Waals surface area contributed by atoms with Crippen LogP contribution in [0, 0.1) is 5.92 Å². The van der Waals surface area contributed by atoms with E-state index in [-0.39, 0.29) is 7.43 Å². The molecule has 0 radical (unpaired) electrons. The lowest BCUT2D eigenvalue weighted by Gasteiger charge is -2.22. The first kappa shape index (κ1) is 13.5. The lowest BCUT2D eigenvalue weighted by atomic mass is 9.88. The lowest BCUT2D eigenvalue weighted by Crippen LogP contribution is -2.25. The molecule has 0 aromatic carbocycles. The van der Waals surface area contributed by atoms with E-state index >= 15 is 0 Å². The Labute approximate surface area is 72.4 Å². The van der Waals surface area contributed by atoms with Crippen molar-refractivity contribution in [1.29, 1.82) is 0 Å². The zero-order valence-corrected chi connectivity index (χ0v) is 7.56. The molecular weight excluding hydrogens is 134 g/mol. The summed E-state index contributed by atoms with van der Waals surface area (Å²) in [6, 6.07) is 0.520. The normalized spacial score (nSPS) is 29.5. The Bertz CT molecular complexity index is 53.3. The highest BCUT2D eigenvalue weighted by Gasteiger charge is 2.13. The van der Waals surface area contributed by atoms with Gasteiger partial charge in [-0.2, -0.15) is 0 Å². The average molecular weight is 159 g/mol. The molecule has 0 bridgehead atoms. The van der Waals surface area contributed by atoms with E-state index in [1.807, 2.05) is 13.8 Å². The first-order valence-electron chi connectivity index (χ1n) is 4.54. The van der Waals surface area contributed by atoms with Crippen molar-refractivity contribution in [3.63, 3.8) is 0 Å². The van der Waals surface area contributed by atoms with Crippen LogP contribution in [0.2, 0.25) is 0 Å². The van der Waals surface area contributed by atoms with Gasteiger partial charge in [-0.05, 0) is 31.6 Å². The molecule has 1 aliphatic rings. The predicted octanol–water partition coefficient (Wildman–Crippen LogP) is 3.19. The molecule has 0 heterocycles. The van der Waals surface area contributed by atoms with Gasteiger partial charge in [0.05, 0.1) is 0 Å². The van der Waals surface area contributed by atoms with Crippen LogP contribution in [0.4, 0.5) is 0 Å². The highest BCUT2D eigenvalue weighted by atomic mass is 14.6. The van der Waals surface area contributed by atoms with Crippen molar-refractivity contribution in [1.82, 2.24) is 0 Å². The van der Waals surface area contributed by atoms with Crippen LogP contribution in [0.5, 0.6) is 0 Å². The summed E-state index contributed by atoms with van der Waals surface area (Å²) in [5.74, 6) is 0.940. The van der Waals surface area contributed by atoms with Crippen LogP contribution < -0.4 is 5.73 Å². The first-order valence-corrected chi connectivity index (χ1v) is 4.54. The van der Waals surface area contributed by atoms with E-state index in [2.05, 4.69) is 6.92 Å². The van der Waals surface area contributed by atoms with Gasteiger partial charge in [-0.3, -0.25) is 0 Å². The molecule has 0 spiro atoms. The quantitative estimate of drug-likeness (QED) is 0.577. The maximum Gasteiger partial charge on any atom is 0.00390 e. The fourth-order valence-corrected chi connectivity index (χ4v) is 1.29.